The lowest BCUT2D eigenvalue weighted by Gasteiger charge is -2.03. The molecular weight excluding hydrogens is 238 g/mol. The second-order valence-corrected chi connectivity index (χ2v) is 3.23. The molecule has 0 saturated heterocycles. The van der Waals surface area contributed by atoms with Crippen molar-refractivity contribution < 1.29 is 19.1 Å². The van der Waals surface area contributed by atoms with Crippen LogP contribution in [0.15, 0.2) is 12.2 Å². The van der Waals surface area contributed by atoms with Crippen LogP contribution in [0.2, 0.25) is 0 Å². The third-order valence-electron chi connectivity index (χ3n) is 1.77. The average Bonchev–Trinajstić information content (AvgIpc) is 2.33. The van der Waals surface area contributed by atoms with E-state index in [2.05, 4.69) is 10.6 Å². The van der Waals surface area contributed by atoms with Gasteiger partial charge >= 0.3 is 12.2 Å². The van der Waals surface area contributed by atoms with Gasteiger partial charge < -0.3 is 25.8 Å². The second-order valence-electron chi connectivity index (χ2n) is 3.23. The van der Waals surface area contributed by atoms with Crippen molar-refractivity contribution in [2.75, 3.05) is 26.4 Å². The van der Waals surface area contributed by atoms with Crippen LogP contribution < -0.4 is 16.4 Å². The molecule has 0 fully saturated rings. The van der Waals surface area contributed by atoms with Gasteiger partial charge in [-0.15, -0.1) is 0 Å². The maximum atomic E-state index is 10.9. The Bertz CT molecular complexity index is 243. The molecule has 0 saturated carbocycles. The van der Waals surface area contributed by atoms with Crippen molar-refractivity contribution in [1.29, 1.82) is 0 Å². The molecule has 0 unspecified atom stereocenters. The molecule has 0 aromatic carbocycles. The Morgan fingerprint density at radius 2 is 1.56 bits per heavy atom. The van der Waals surface area contributed by atoms with Gasteiger partial charge in [0.2, 0.25) is 0 Å². The number of nitrogens with two attached hydrogens (primary N) is 1. The fourth-order valence-corrected chi connectivity index (χ4v) is 1.00. The van der Waals surface area contributed by atoms with Gasteiger partial charge in [0.1, 0.15) is 0 Å². The number of hydrogen-bond acceptors (Lipinski definition) is 5. The lowest BCUT2D eigenvalue weighted by Crippen LogP contribution is -2.30. The van der Waals surface area contributed by atoms with Crippen molar-refractivity contribution in [2.24, 2.45) is 5.73 Å². The lowest BCUT2D eigenvalue weighted by molar-refractivity contribution is 0.146. The van der Waals surface area contributed by atoms with Gasteiger partial charge in [-0.25, -0.2) is 9.59 Å². The van der Waals surface area contributed by atoms with E-state index in [4.69, 9.17) is 15.2 Å². The first-order valence-corrected chi connectivity index (χ1v) is 5.87. The zero-order valence-electron chi connectivity index (χ0n) is 10.6. The molecule has 7 nitrogen and oxygen atoms in total. The van der Waals surface area contributed by atoms with Gasteiger partial charge in [-0.3, -0.25) is 0 Å². The molecule has 2 amide bonds. The van der Waals surface area contributed by atoms with E-state index in [1.807, 2.05) is 19.1 Å². The monoisotopic (exact) mass is 259 g/mol. The first-order valence-electron chi connectivity index (χ1n) is 5.87. The minimum Gasteiger partial charge on any atom is -0.449 e. The Morgan fingerprint density at radius 1 is 1.06 bits per heavy atom. The van der Waals surface area contributed by atoms with Crippen LogP contribution in [0.3, 0.4) is 0 Å². The summed E-state index contributed by atoms with van der Waals surface area (Å²) in [7, 11) is 0. The predicted octanol–water partition coefficient (Wildman–Crippen LogP) is 0.711. The minimum absolute atomic E-state index is 0.0613. The van der Waals surface area contributed by atoms with Crippen molar-refractivity contribution in [3.63, 3.8) is 0 Å². The molecule has 7 heteroatoms. The summed E-state index contributed by atoms with van der Waals surface area (Å²) in [6, 6.07) is 0. The van der Waals surface area contributed by atoms with Crippen LogP contribution in [-0.2, 0) is 9.47 Å². The van der Waals surface area contributed by atoms with Gasteiger partial charge in [0.05, 0.1) is 19.9 Å². The molecule has 0 bridgehead atoms. The summed E-state index contributed by atoms with van der Waals surface area (Å²) in [6.07, 6.45) is 4.03. The van der Waals surface area contributed by atoms with Gasteiger partial charge in [-0.2, -0.15) is 0 Å². The average molecular weight is 259 g/mol. The first kappa shape index (κ1) is 16.2. The maximum absolute atomic E-state index is 10.9. The van der Waals surface area contributed by atoms with Crippen LogP contribution in [0, 0.1) is 0 Å². The van der Waals surface area contributed by atoms with Crippen LogP contribution in [0.4, 0.5) is 9.59 Å². The molecule has 0 rings (SSSR count). The number of alkyl carbamates (subject to hydrolysis) is 2. The van der Waals surface area contributed by atoms with Crippen LogP contribution in [-0.4, -0.2) is 38.6 Å². The molecule has 0 heterocycles. The highest BCUT2D eigenvalue weighted by atomic mass is 16.6. The summed E-state index contributed by atoms with van der Waals surface area (Å²) < 4.78 is 9.63. The Kier molecular flexibility index (Phi) is 10.6. The molecule has 104 valence electrons. The standard InChI is InChI=1S/C11H21N3O4/c1-2-13-10(15)17-7-5-3-4-6-8-18-11(16)14-9-12/h3-4H,2,5-9,12H2,1H3,(H,13,15)(H,14,16)/b4-3+. The van der Waals surface area contributed by atoms with Crippen molar-refractivity contribution in [3.8, 4) is 0 Å². The Hall–Kier alpha value is -1.76. The third-order valence-corrected chi connectivity index (χ3v) is 1.77. The van der Waals surface area contributed by atoms with Crippen molar-refractivity contribution in [3.05, 3.63) is 12.2 Å². The maximum Gasteiger partial charge on any atom is 0.408 e. The van der Waals surface area contributed by atoms with Gasteiger partial charge in [-0.1, -0.05) is 12.2 Å². The van der Waals surface area contributed by atoms with Crippen LogP contribution in [0.25, 0.3) is 0 Å². The van der Waals surface area contributed by atoms with Gasteiger partial charge in [-0.05, 0) is 19.8 Å². The van der Waals surface area contributed by atoms with E-state index in [-0.39, 0.29) is 6.67 Å². The van der Waals surface area contributed by atoms with E-state index in [1.165, 1.54) is 0 Å². The number of carbonyl (C=O) groups is 2. The van der Waals surface area contributed by atoms with Gasteiger partial charge in [0, 0.05) is 6.54 Å². The quantitative estimate of drug-likeness (QED) is 0.338. The number of hydrogen-bond donors (Lipinski definition) is 3. The SMILES string of the molecule is CCNC(=O)OCC/C=C/CCOC(=O)NCN. The Labute approximate surface area is 107 Å². The van der Waals surface area contributed by atoms with E-state index in [9.17, 15) is 9.59 Å². The van der Waals surface area contributed by atoms with Crippen molar-refractivity contribution >= 4 is 12.2 Å². The van der Waals surface area contributed by atoms with Crippen LogP contribution >= 0.6 is 0 Å². The summed E-state index contributed by atoms with van der Waals surface area (Å²) >= 11 is 0. The topological polar surface area (TPSA) is 103 Å². The number of amides is 2. The summed E-state index contributed by atoms with van der Waals surface area (Å²) in [5, 5.41) is 4.83. The van der Waals surface area contributed by atoms with Crippen molar-refractivity contribution in [1.82, 2.24) is 10.6 Å². The smallest absolute Gasteiger partial charge is 0.408 e. The third kappa shape index (κ3) is 10.7. The Balaban J connectivity index is 3.33. The molecule has 18 heavy (non-hydrogen) atoms. The van der Waals surface area contributed by atoms with E-state index in [1.54, 1.807) is 0 Å². The second kappa shape index (κ2) is 11.7. The molecule has 0 aromatic rings. The number of rotatable bonds is 8. The highest BCUT2D eigenvalue weighted by Gasteiger charge is 1.97. The lowest BCUT2D eigenvalue weighted by atomic mass is 10.3. The van der Waals surface area contributed by atoms with Gasteiger partial charge in [0.25, 0.3) is 0 Å². The summed E-state index contributed by atoms with van der Waals surface area (Å²) in [5.41, 5.74) is 5.09. The van der Waals surface area contributed by atoms with Crippen LogP contribution in [0.5, 0.6) is 0 Å². The number of nitrogens with one attached hydrogen (secondary N) is 2. The zero-order valence-corrected chi connectivity index (χ0v) is 10.6. The highest BCUT2D eigenvalue weighted by Crippen LogP contribution is 1.91. The predicted molar refractivity (Wildman–Crippen MR) is 66.9 cm³/mol. The molecule has 0 atom stereocenters. The summed E-state index contributed by atoms with van der Waals surface area (Å²) in [4.78, 5) is 21.7. The fraction of sp³-hybridized carbons (Fsp3) is 0.636. The highest BCUT2D eigenvalue weighted by molar-refractivity contribution is 5.67. The number of carbonyl (C=O) groups excluding carboxylic acids is 2. The fourth-order valence-electron chi connectivity index (χ4n) is 1.00. The summed E-state index contributed by atoms with van der Waals surface area (Å²) in [5.74, 6) is 0. The molecule has 0 aliphatic carbocycles. The Morgan fingerprint density at radius 3 is 2.00 bits per heavy atom. The van der Waals surface area contributed by atoms with E-state index in [0.29, 0.717) is 32.6 Å². The minimum atomic E-state index is -0.523. The largest absolute Gasteiger partial charge is 0.449 e. The molecule has 0 spiro atoms. The summed E-state index contributed by atoms with van der Waals surface area (Å²) in [6.45, 7) is 3.06. The zero-order chi connectivity index (χ0) is 13.6. The van der Waals surface area contributed by atoms with E-state index < -0.39 is 12.2 Å². The molecule has 4 N–H and O–H groups in total. The number of ether oxygens (including phenoxy) is 2. The molecule has 0 radical (unpaired) electrons. The van der Waals surface area contributed by atoms with E-state index in [0.717, 1.165) is 0 Å². The van der Waals surface area contributed by atoms with E-state index >= 15 is 0 Å². The molecule has 0 aliphatic heterocycles. The normalized spacial score (nSPS) is 10.1. The van der Waals surface area contributed by atoms with Crippen molar-refractivity contribution in [2.45, 2.75) is 19.8 Å². The molecular formula is C11H21N3O4. The first-order chi connectivity index (χ1) is 8.70. The van der Waals surface area contributed by atoms with Gasteiger partial charge in [0.15, 0.2) is 0 Å². The molecule has 0 aromatic heterocycles. The van der Waals surface area contributed by atoms with Crippen LogP contribution in [0.1, 0.15) is 19.8 Å². The molecule has 0 aliphatic rings.